The van der Waals surface area contributed by atoms with Crippen LogP contribution in [0.4, 0.5) is 10.6 Å². The molecular weight excluding hydrogens is 362 g/mol. The van der Waals surface area contributed by atoms with Crippen molar-refractivity contribution in [2.45, 2.75) is 38.9 Å². The van der Waals surface area contributed by atoms with E-state index >= 15 is 0 Å². The number of rotatable bonds is 4. The van der Waals surface area contributed by atoms with Crippen molar-refractivity contribution in [1.29, 1.82) is 0 Å². The van der Waals surface area contributed by atoms with E-state index in [9.17, 15) is 9.90 Å². The van der Waals surface area contributed by atoms with Crippen LogP contribution in [0, 0.1) is 0 Å². The van der Waals surface area contributed by atoms with Crippen LogP contribution in [0.25, 0.3) is 11.0 Å². The second-order valence-electron chi connectivity index (χ2n) is 6.20. The first-order valence-electron chi connectivity index (χ1n) is 7.07. The maximum absolute atomic E-state index is 11.7. The number of carbonyl (C=O) groups is 1. The van der Waals surface area contributed by atoms with Crippen LogP contribution >= 0.6 is 15.9 Å². The summed E-state index contributed by atoms with van der Waals surface area (Å²) in [6.45, 7) is 9.71. The van der Waals surface area contributed by atoms with Crippen molar-refractivity contribution in [3.05, 3.63) is 29.7 Å². The zero-order valence-electron chi connectivity index (χ0n) is 13.3. The molecule has 0 bridgehead atoms. The molecule has 23 heavy (non-hydrogen) atoms. The molecule has 2 heterocycles. The van der Waals surface area contributed by atoms with E-state index in [1.165, 1.54) is 11.2 Å². The monoisotopic (exact) mass is 381 g/mol. The third kappa shape index (κ3) is 3.31. The number of carboxylic acid groups (broad SMARTS) is 1. The maximum atomic E-state index is 11.7. The molecule has 7 nitrogen and oxygen atoms in total. The van der Waals surface area contributed by atoms with Gasteiger partial charge in [-0.25, -0.2) is 14.8 Å². The lowest BCUT2D eigenvalue weighted by Crippen LogP contribution is -2.51. The van der Waals surface area contributed by atoms with Crippen LogP contribution in [0.5, 0.6) is 0 Å². The molecule has 0 saturated carbocycles. The van der Waals surface area contributed by atoms with E-state index < -0.39 is 17.7 Å². The third-order valence-electron chi connectivity index (χ3n) is 3.57. The summed E-state index contributed by atoms with van der Waals surface area (Å²) < 4.78 is 2.62. The first-order valence-corrected chi connectivity index (χ1v) is 7.86. The summed E-state index contributed by atoms with van der Waals surface area (Å²) >= 11 is 3.48. The number of hydrogen-bond donors (Lipinski definition) is 2. The summed E-state index contributed by atoms with van der Waals surface area (Å²) in [4.78, 5) is 21.3. The minimum Gasteiger partial charge on any atom is -0.465 e. The average molecular weight is 382 g/mol. The predicted molar refractivity (Wildman–Crippen MR) is 93.2 cm³/mol. The first-order chi connectivity index (χ1) is 10.7. The quantitative estimate of drug-likeness (QED) is 0.792. The van der Waals surface area contributed by atoms with E-state index in [0.717, 1.165) is 9.99 Å². The van der Waals surface area contributed by atoms with Gasteiger partial charge in [0.05, 0.1) is 16.0 Å². The molecule has 0 unspecified atom stereocenters. The van der Waals surface area contributed by atoms with Gasteiger partial charge in [-0.3, -0.25) is 4.90 Å². The normalized spacial score (nSPS) is 13.0. The maximum Gasteiger partial charge on any atom is 0.408 e. The summed E-state index contributed by atoms with van der Waals surface area (Å²) in [5.41, 5.74) is 5.96. The Balaban J connectivity index is 2.47. The Kier molecular flexibility index (Phi) is 4.65. The standard InChI is InChI=1S/C15H20BrN5O2/c1-5-9(21(14(22)23)15(2,3)4)7-20-11(16)6-10-12(17)18-8-19-13(10)20/h5-6,8-9H,1,7H2,2-4H3,(H,22,23)(H2,17,18,19)/t9-/m1/s1. The second-order valence-corrected chi connectivity index (χ2v) is 7.01. The number of amides is 1. The van der Waals surface area contributed by atoms with Crippen LogP contribution in [0.1, 0.15) is 20.8 Å². The van der Waals surface area contributed by atoms with Gasteiger partial charge in [-0.2, -0.15) is 0 Å². The number of fused-ring (bicyclic) bond motifs is 1. The number of anilines is 1. The second kappa shape index (κ2) is 6.19. The third-order valence-corrected chi connectivity index (χ3v) is 4.23. The summed E-state index contributed by atoms with van der Waals surface area (Å²) in [6, 6.07) is 1.41. The predicted octanol–water partition coefficient (Wildman–Crippen LogP) is 3.11. The lowest BCUT2D eigenvalue weighted by atomic mass is 10.0. The zero-order valence-corrected chi connectivity index (χ0v) is 14.9. The van der Waals surface area contributed by atoms with Gasteiger partial charge in [0.2, 0.25) is 0 Å². The molecule has 0 saturated heterocycles. The molecule has 0 radical (unpaired) electrons. The van der Waals surface area contributed by atoms with E-state index in [2.05, 4.69) is 32.5 Å². The highest BCUT2D eigenvalue weighted by Gasteiger charge is 2.32. The molecule has 2 aromatic heterocycles. The summed E-state index contributed by atoms with van der Waals surface area (Å²) in [5.74, 6) is 0.385. The van der Waals surface area contributed by atoms with Gasteiger partial charge in [-0.05, 0) is 42.8 Å². The Labute approximate surface area is 142 Å². The topological polar surface area (TPSA) is 97.3 Å². The van der Waals surface area contributed by atoms with Gasteiger partial charge in [0.15, 0.2) is 0 Å². The number of aromatic nitrogens is 3. The van der Waals surface area contributed by atoms with Crippen molar-refractivity contribution >= 4 is 38.9 Å². The van der Waals surface area contributed by atoms with Gasteiger partial charge in [0.1, 0.15) is 17.8 Å². The highest BCUT2D eigenvalue weighted by molar-refractivity contribution is 9.10. The highest BCUT2D eigenvalue weighted by atomic mass is 79.9. The lowest BCUT2D eigenvalue weighted by molar-refractivity contribution is 0.0786. The van der Waals surface area contributed by atoms with E-state index in [1.54, 1.807) is 6.08 Å². The van der Waals surface area contributed by atoms with Crippen LogP contribution in [0.3, 0.4) is 0 Å². The number of nitrogen functional groups attached to an aromatic ring is 1. The Morgan fingerprint density at radius 3 is 2.74 bits per heavy atom. The van der Waals surface area contributed by atoms with Crippen molar-refractivity contribution in [2.75, 3.05) is 5.73 Å². The fraction of sp³-hybridized carbons (Fsp3) is 0.400. The number of hydrogen-bond acceptors (Lipinski definition) is 4. The van der Waals surface area contributed by atoms with Crippen molar-refractivity contribution in [3.8, 4) is 0 Å². The lowest BCUT2D eigenvalue weighted by Gasteiger charge is -2.38. The molecular formula is C15H20BrN5O2. The van der Waals surface area contributed by atoms with Crippen LogP contribution in [-0.4, -0.2) is 42.2 Å². The van der Waals surface area contributed by atoms with Gasteiger partial charge in [-0.1, -0.05) is 6.08 Å². The largest absolute Gasteiger partial charge is 0.465 e. The van der Waals surface area contributed by atoms with E-state index in [1.807, 2.05) is 31.4 Å². The number of nitrogens with two attached hydrogens (primary N) is 1. The molecule has 8 heteroatoms. The molecule has 3 N–H and O–H groups in total. The molecule has 124 valence electrons. The van der Waals surface area contributed by atoms with Crippen LogP contribution in [0.15, 0.2) is 29.7 Å². The number of nitrogens with zero attached hydrogens (tertiary/aromatic N) is 4. The molecule has 0 aromatic carbocycles. The van der Waals surface area contributed by atoms with Crippen LogP contribution in [0.2, 0.25) is 0 Å². The van der Waals surface area contributed by atoms with Gasteiger partial charge in [0.25, 0.3) is 0 Å². The molecule has 1 atom stereocenters. The summed E-state index contributed by atoms with van der Waals surface area (Å²) in [5, 5.41) is 10.3. The Hall–Kier alpha value is -2.09. The van der Waals surface area contributed by atoms with Crippen molar-refractivity contribution in [1.82, 2.24) is 19.4 Å². The summed E-state index contributed by atoms with van der Waals surface area (Å²) in [6.07, 6.45) is 2.02. The molecule has 1 amide bonds. The zero-order chi connectivity index (χ0) is 17.4. The minimum atomic E-state index is -0.996. The Bertz CT molecular complexity index is 750. The minimum absolute atomic E-state index is 0.369. The van der Waals surface area contributed by atoms with E-state index in [4.69, 9.17) is 5.73 Å². The van der Waals surface area contributed by atoms with Gasteiger partial charge < -0.3 is 15.4 Å². The van der Waals surface area contributed by atoms with Crippen LogP contribution in [-0.2, 0) is 6.54 Å². The van der Waals surface area contributed by atoms with Crippen molar-refractivity contribution in [2.24, 2.45) is 0 Å². The van der Waals surface area contributed by atoms with Crippen molar-refractivity contribution < 1.29 is 9.90 Å². The molecule has 2 aromatic rings. The molecule has 0 spiro atoms. The molecule has 0 aliphatic rings. The Morgan fingerprint density at radius 1 is 1.57 bits per heavy atom. The fourth-order valence-corrected chi connectivity index (χ4v) is 3.14. The SMILES string of the molecule is C=C[C@H](Cn1c(Br)cc2c(N)ncnc21)N(C(=O)O)C(C)(C)C. The van der Waals surface area contributed by atoms with E-state index in [0.29, 0.717) is 18.0 Å². The average Bonchev–Trinajstić information content (AvgIpc) is 2.74. The molecule has 0 aliphatic heterocycles. The summed E-state index contributed by atoms with van der Waals surface area (Å²) in [7, 11) is 0. The Morgan fingerprint density at radius 2 is 2.22 bits per heavy atom. The molecule has 0 fully saturated rings. The van der Waals surface area contributed by atoms with Gasteiger partial charge >= 0.3 is 6.09 Å². The highest BCUT2D eigenvalue weighted by Crippen LogP contribution is 2.27. The van der Waals surface area contributed by atoms with Crippen LogP contribution < -0.4 is 5.73 Å². The van der Waals surface area contributed by atoms with Gasteiger partial charge in [-0.15, -0.1) is 6.58 Å². The number of halogens is 1. The molecule has 0 aliphatic carbocycles. The van der Waals surface area contributed by atoms with Gasteiger partial charge in [0, 0.05) is 12.1 Å². The first kappa shape index (κ1) is 17.3. The van der Waals surface area contributed by atoms with E-state index in [-0.39, 0.29) is 0 Å². The fourth-order valence-electron chi connectivity index (χ4n) is 2.60. The van der Waals surface area contributed by atoms with Crippen molar-refractivity contribution in [3.63, 3.8) is 0 Å². The smallest absolute Gasteiger partial charge is 0.408 e. The molecule has 2 rings (SSSR count).